The molecule has 3 aromatic rings. The van der Waals surface area contributed by atoms with E-state index in [1.54, 1.807) is 0 Å². The van der Waals surface area contributed by atoms with Crippen molar-refractivity contribution in [2.75, 3.05) is 0 Å². The highest BCUT2D eigenvalue weighted by Gasteiger charge is 2.35. The van der Waals surface area contributed by atoms with Crippen LogP contribution >= 0.6 is 11.6 Å². The molecule has 0 aliphatic carbocycles. The number of hydrogen-bond acceptors (Lipinski definition) is 4. The third-order valence-corrected chi connectivity index (χ3v) is 5.19. The number of fused-ring (bicyclic) bond motifs is 1. The van der Waals surface area contributed by atoms with Crippen molar-refractivity contribution >= 4 is 11.6 Å². The van der Waals surface area contributed by atoms with Crippen LogP contribution in [-0.2, 0) is 0 Å². The van der Waals surface area contributed by atoms with Crippen molar-refractivity contribution in [3.05, 3.63) is 81.2 Å². The number of nitriles is 1. The van der Waals surface area contributed by atoms with Gasteiger partial charge in [0.25, 0.3) is 0 Å². The van der Waals surface area contributed by atoms with Gasteiger partial charge in [0.2, 0.25) is 11.8 Å². The summed E-state index contributed by atoms with van der Waals surface area (Å²) in [4.78, 5) is 0. The molecule has 3 N–H and O–H groups in total. The van der Waals surface area contributed by atoms with E-state index in [9.17, 15) is 5.26 Å². The lowest BCUT2D eigenvalue weighted by atomic mass is 9.82. The first kappa shape index (κ1) is 17.2. The molecule has 0 saturated carbocycles. The number of allylic oxidation sites excluding steroid dienone is 1. The number of H-pyrrole nitrogens is 1. The predicted octanol–water partition coefficient (Wildman–Crippen LogP) is 4.57. The maximum atomic E-state index is 9.76. The van der Waals surface area contributed by atoms with Gasteiger partial charge >= 0.3 is 0 Å². The van der Waals surface area contributed by atoms with Gasteiger partial charge < -0.3 is 10.5 Å². The molecule has 1 aliphatic heterocycles. The molecule has 2 aromatic carbocycles. The number of nitrogens with two attached hydrogens (primary N) is 1. The summed E-state index contributed by atoms with van der Waals surface area (Å²) in [5.74, 6) is 0.115. The molecule has 27 heavy (non-hydrogen) atoms. The number of benzene rings is 2. The van der Waals surface area contributed by atoms with Crippen LogP contribution in [0, 0.1) is 25.2 Å². The average Bonchev–Trinajstić information content (AvgIpc) is 3.07. The maximum absolute atomic E-state index is 9.76. The van der Waals surface area contributed by atoms with Gasteiger partial charge in [-0.15, -0.1) is 5.10 Å². The van der Waals surface area contributed by atoms with E-state index in [1.165, 1.54) is 5.56 Å². The number of rotatable bonds is 2. The Hall–Kier alpha value is -3.23. The lowest BCUT2D eigenvalue weighted by molar-refractivity contribution is 0.379. The van der Waals surface area contributed by atoms with Gasteiger partial charge in [-0.2, -0.15) is 5.26 Å². The van der Waals surface area contributed by atoms with Crippen LogP contribution in [0.15, 0.2) is 53.9 Å². The lowest BCUT2D eigenvalue weighted by Crippen LogP contribution is -2.21. The van der Waals surface area contributed by atoms with Gasteiger partial charge in [0.15, 0.2) is 0 Å². The standard InChI is InChI=1S/C21H17ClN4O/c1-11-3-4-14(9-12(11)2)17-16(10-23)20(24)27-21-18(17)19(25-26-21)13-5-7-15(22)8-6-13/h3-9,17H,24H2,1-2H3,(H,25,26). The molecule has 134 valence electrons. The molecule has 6 heteroatoms. The van der Waals surface area contributed by atoms with E-state index in [4.69, 9.17) is 22.1 Å². The van der Waals surface area contributed by atoms with E-state index in [1.807, 2.05) is 43.3 Å². The highest BCUT2D eigenvalue weighted by molar-refractivity contribution is 6.30. The Labute approximate surface area is 162 Å². The van der Waals surface area contributed by atoms with Gasteiger partial charge in [0.05, 0.1) is 17.2 Å². The van der Waals surface area contributed by atoms with Gasteiger partial charge in [-0.1, -0.05) is 41.9 Å². The Bertz CT molecular complexity index is 1110. The van der Waals surface area contributed by atoms with Crippen molar-refractivity contribution in [1.29, 1.82) is 5.26 Å². The second-order valence-electron chi connectivity index (χ2n) is 6.59. The monoisotopic (exact) mass is 376 g/mol. The van der Waals surface area contributed by atoms with Crippen LogP contribution in [0.3, 0.4) is 0 Å². The summed E-state index contributed by atoms with van der Waals surface area (Å²) in [6.07, 6.45) is 0. The van der Waals surface area contributed by atoms with Crippen LogP contribution in [0.1, 0.15) is 28.2 Å². The van der Waals surface area contributed by atoms with E-state index >= 15 is 0 Å². The summed E-state index contributed by atoms with van der Waals surface area (Å²) in [6.45, 7) is 4.11. The second kappa shape index (κ2) is 6.49. The van der Waals surface area contributed by atoms with E-state index < -0.39 is 0 Å². The molecule has 2 heterocycles. The van der Waals surface area contributed by atoms with Crippen molar-refractivity contribution in [2.45, 2.75) is 19.8 Å². The van der Waals surface area contributed by atoms with Gasteiger partial charge in [-0.3, -0.25) is 5.10 Å². The molecule has 0 saturated heterocycles. The van der Waals surface area contributed by atoms with Crippen molar-refractivity contribution < 1.29 is 4.74 Å². The normalized spacial score (nSPS) is 15.9. The first-order valence-electron chi connectivity index (χ1n) is 8.48. The topological polar surface area (TPSA) is 87.7 Å². The first-order valence-corrected chi connectivity index (χ1v) is 8.86. The maximum Gasteiger partial charge on any atom is 0.244 e. The van der Waals surface area contributed by atoms with E-state index in [0.29, 0.717) is 16.5 Å². The Morgan fingerprint density at radius 3 is 2.56 bits per heavy atom. The fourth-order valence-electron chi connectivity index (χ4n) is 3.36. The summed E-state index contributed by atoms with van der Waals surface area (Å²) < 4.78 is 5.63. The molecule has 5 nitrogen and oxygen atoms in total. The highest BCUT2D eigenvalue weighted by Crippen LogP contribution is 2.45. The number of halogens is 1. The van der Waals surface area contributed by atoms with Crippen molar-refractivity contribution in [1.82, 2.24) is 10.2 Å². The van der Waals surface area contributed by atoms with Crippen molar-refractivity contribution in [2.24, 2.45) is 5.73 Å². The molecule has 1 aromatic heterocycles. The van der Waals surface area contributed by atoms with Crippen LogP contribution in [0.4, 0.5) is 0 Å². The van der Waals surface area contributed by atoms with E-state index in [-0.39, 0.29) is 11.8 Å². The third-order valence-electron chi connectivity index (χ3n) is 4.94. The van der Waals surface area contributed by atoms with Crippen LogP contribution in [0.2, 0.25) is 5.02 Å². The second-order valence-corrected chi connectivity index (χ2v) is 7.03. The van der Waals surface area contributed by atoms with E-state index in [2.05, 4.69) is 29.3 Å². The molecule has 0 amide bonds. The molecule has 0 spiro atoms. The molecular weight excluding hydrogens is 360 g/mol. The minimum absolute atomic E-state index is 0.0855. The largest absolute Gasteiger partial charge is 0.420 e. The molecule has 1 aliphatic rings. The zero-order chi connectivity index (χ0) is 19.1. The summed E-state index contributed by atoms with van der Waals surface area (Å²) in [6, 6.07) is 15.8. The molecule has 4 rings (SSSR count). The highest BCUT2D eigenvalue weighted by atomic mass is 35.5. The summed E-state index contributed by atoms with van der Waals surface area (Å²) >= 11 is 6.02. The molecule has 1 unspecified atom stereocenters. The van der Waals surface area contributed by atoms with E-state index in [0.717, 1.165) is 27.9 Å². The van der Waals surface area contributed by atoms with Crippen LogP contribution < -0.4 is 10.5 Å². The number of aromatic nitrogens is 2. The fourth-order valence-corrected chi connectivity index (χ4v) is 3.49. The average molecular weight is 377 g/mol. The van der Waals surface area contributed by atoms with Crippen LogP contribution in [0.25, 0.3) is 11.3 Å². The first-order chi connectivity index (χ1) is 13.0. The molecule has 0 radical (unpaired) electrons. The zero-order valence-corrected chi connectivity index (χ0v) is 15.6. The number of aryl methyl sites for hydroxylation is 2. The summed E-state index contributed by atoms with van der Waals surface area (Å²) in [5, 5.41) is 17.7. The van der Waals surface area contributed by atoms with Gasteiger partial charge in [0.1, 0.15) is 11.6 Å². The number of hydrogen-bond donors (Lipinski definition) is 2. The van der Waals surface area contributed by atoms with Gasteiger partial charge in [0, 0.05) is 10.6 Å². The number of ether oxygens (including phenoxy) is 1. The molecule has 1 atom stereocenters. The number of nitrogens with one attached hydrogen (secondary N) is 1. The van der Waals surface area contributed by atoms with Gasteiger partial charge in [-0.25, -0.2) is 0 Å². The lowest BCUT2D eigenvalue weighted by Gasteiger charge is -2.24. The Morgan fingerprint density at radius 1 is 1.15 bits per heavy atom. The minimum atomic E-state index is -0.359. The summed E-state index contributed by atoms with van der Waals surface area (Å²) in [5.41, 5.74) is 12.2. The van der Waals surface area contributed by atoms with Crippen LogP contribution in [-0.4, -0.2) is 10.2 Å². The smallest absolute Gasteiger partial charge is 0.244 e. The quantitative estimate of drug-likeness (QED) is 0.686. The Morgan fingerprint density at radius 2 is 1.89 bits per heavy atom. The molecular formula is C21H17ClN4O. The zero-order valence-electron chi connectivity index (χ0n) is 14.9. The van der Waals surface area contributed by atoms with Gasteiger partial charge in [-0.05, 0) is 42.7 Å². The predicted molar refractivity (Wildman–Crippen MR) is 104 cm³/mol. The third kappa shape index (κ3) is 2.84. The summed E-state index contributed by atoms with van der Waals surface area (Å²) in [7, 11) is 0. The molecule has 0 bridgehead atoms. The number of aromatic amines is 1. The minimum Gasteiger partial charge on any atom is -0.420 e. The Balaban J connectivity index is 1.95. The number of nitrogens with zero attached hydrogens (tertiary/aromatic N) is 2. The van der Waals surface area contributed by atoms with Crippen LogP contribution in [0.5, 0.6) is 5.88 Å². The van der Waals surface area contributed by atoms with Crippen molar-refractivity contribution in [3.63, 3.8) is 0 Å². The SMILES string of the molecule is Cc1ccc(C2C(C#N)=C(N)Oc3n[nH]c(-c4ccc(Cl)cc4)c32)cc1C. The fraction of sp³-hybridized carbons (Fsp3) is 0.143. The Kier molecular flexibility index (Phi) is 4.14. The molecule has 0 fully saturated rings. The van der Waals surface area contributed by atoms with Crippen molar-refractivity contribution in [3.8, 4) is 23.2 Å².